The Labute approximate surface area is 363 Å². The van der Waals surface area contributed by atoms with Crippen LogP contribution in [0.1, 0.15) is 245 Å². The van der Waals surface area contributed by atoms with Gasteiger partial charge in [0.05, 0.1) is 13.2 Å². The third-order valence-corrected chi connectivity index (χ3v) is 11.8. The van der Waals surface area contributed by atoms with Gasteiger partial charge in [-0.15, -0.1) is 0 Å². The topological polar surface area (TPSA) is 131 Å². The van der Waals surface area contributed by atoms with Crippen molar-refractivity contribution in [1.29, 1.82) is 0 Å². The standard InChI is InChI=1S/C49H94NO8P/c1-3-5-7-9-11-13-15-17-19-21-23-25-27-29-31-33-35-37-39-41-48(52)50-43-44-57-59(54,55)58-46-47(51)45-56-49(53)42-40-38-36-34-32-30-28-26-24-22-20-18-16-14-12-10-8-6-4-2/h17-20,47,51H,3-16,21-46H2,1-2H3,(H,50,52)(H,54,55)/b19-17+,20-18+. The zero-order chi connectivity index (χ0) is 43.2. The molecule has 0 fully saturated rings. The van der Waals surface area contributed by atoms with Gasteiger partial charge >= 0.3 is 13.8 Å². The summed E-state index contributed by atoms with van der Waals surface area (Å²) in [6.07, 6.45) is 51.1. The second-order valence-corrected chi connectivity index (χ2v) is 18.2. The van der Waals surface area contributed by atoms with Gasteiger partial charge in [-0.2, -0.15) is 0 Å². The largest absolute Gasteiger partial charge is 0.472 e. The van der Waals surface area contributed by atoms with Crippen molar-refractivity contribution in [2.45, 2.75) is 251 Å². The van der Waals surface area contributed by atoms with E-state index in [1.807, 2.05) is 0 Å². The van der Waals surface area contributed by atoms with Crippen LogP contribution in [0.3, 0.4) is 0 Å². The number of carbonyl (C=O) groups excluding carboxylic acids is 2. The molecular formula is C49H94NO8P. The molecule has 0 saturated carbocycles. The molecule has 0 bridgehead atoms. The summed E-state index contributed by atoms with van der Waals surface area (Å²) in [6.45, 7) is 3.58. The second kappa shape index (κ2) is 46.0. The Balaban J connectivity index is 3.55. The highest BCUT2D eigenvalue weighted by molar-refractivity contribution is 7.47. The van der Waals surface area contributed by atoms with Gasteiger partial charge in [0.15, 0.2) is 0 Å². The molecule has 0 aromatic carbocycles. The Morgan fingerprint density at radius 3 is 1.27 bits per heavy atom. The summed E-state index contributed by atoms with van der Waals surface area (Å²) < 4.78 is 27.0. The minimum atomic E-state index is -4.42. The van der Waals surface area contributed by atoms with Gasteiger partial charge in [-0.3, -0.25) is 18.6 Å². The van der Waals surface area contributed by atoms with Crippen molar-refractivity contribution in [2.75, 3.05) is 26.4 Å². The predicted molar refractivity (Wildman–Crippen MR) is 248 cm³/mol. The van der Waals surface area contributed by atoms with Crippen LogP contribution in [-0.2, 0) is 27.9 Å². The Morgan fingerprint density at radius 2 is 0.864 bits per heavy atom. The molecule has 0 aliphatic heterocycles. The Bertz CT molecular complexity index is 1020. The number of aliphatic hydroxyl groups excluding tert-OH is 1. The number of carbonyl (C=O) groups is 2. The van der Waals surface area contributed by atoms with Crippen LogP contribution in [-0.4, -0.2) is 54.3 Å². The van der Waals surface area contributed by atoms with Crippen molar-refractivity contribution in [3.63, 3.8) is 0 Å². The summed E-state index contributed by atoms with van der Waals surface area (Å²) in [4.78, 5) is 34.0. The summed E-state index contributed by atoms with van der Waals surface area (Å²) in [5.74, 6) is -0.512. The molecule has 10 heteroatoms. The zero-order valence-corrected chi connectivity index (χ0v) is 39.4. The average Bonchev–Trinajstić information content (AvgIpc) is 3.22. The maximum Gasteiger partial charge on any atom is 0.472 e. The molecule has 0 rings (SSSR count). The number of hydrogen-bond donors (Lipinski definition) is 3. The highest BCUT2D eigenvalue weighted by Gasteiger charge is 2.23. The summed E-state index contributed by atoms with van der Waals surface area (Å²) in [5.41, 5.74) is 0. The molecule has 59 heavy (non-hydrogen) atoms. The number of amides is 1. The fourth-order valence-corrected chi connectivity index (χ4v) is 7.83. The quantitative estimate of drug-likeness (QED) is 0.0239. The highest BCUT2D eigenvalue weighted by Crippen LogP contribution is 2.42. The van der Waals surface area contributed by atoms with Gasteiger partial charge in [0.2, 0.25) is 5.91 Å². The van der Waals surface area contributed by atoms with E-state index in [-0.39, 0.29) is 32.1 Å². The van der Waals surface area contributed by atoms with Crippen LogP contribution in [0, 0.1) is 0 Å². The Hall–Kier alpha value is -1.51. The molecule has 3 N–H and O–H groups in total. The van der Waals surface area contributed by atoms with E-state index in [0.717, 1.165) is 38.5 Å². The number of esters is 1. The number of phosphoric acid groups is 1. The van der Waals surface area contributed by atoms with Gasteiger partial charge in [0.25, 0.3) is 0 Å². The van der Waals surface area contributed by atoms with Crippen molar-refractivity contribution in [3.05, 3.63) is 24.3 Å². The molecule has 0 heterocycles. The molecule has 0 aromatic rings. The average molecular weight is 856 g/mol. The third kappa shape index (κ3) is 47.4. The minimum absolute atomic E-state index is 0.0826. The number of allylic oxidation sites excluding steroid dienone is 4. The van der Waals surface area contributed by atoms with Crippen molar-refractivity contribution in [1.82, 2.24) is 5.32 Å². The molecule has 348 valence electrons. The van der Waals surface area contributed by atoms with Gasteiger partial charge in [-0.1, -0.05) is 192 Å². The van der Waals surface area contributed by atoms with E-state index in [0.29, 0.717) is 6.42 Å². The van der Waals surface area contributed by atoms with Crippen LogP contribution in [0.5, 0.6) is 0 Å². The Morgan fingerprint density at radius 1 is 0.508 bits per heavy atom. The number of phosphoric ester groups is 1. The smallest absolute Gasteiger partial charge is 0.463 e. The lowest BCUT2D eigenvalue weighted by Crippen LogP contribution is -2.27. The fourth-order valence-electron chi connectivity index (χ4n) is 7.08. The number of aliphatic hydroxyl groups is 1. The number of unbranched alkanes of at least 4 members (excludes halogenated alkanes) is 30. The van der Waals surface area contributed by atoms with Crippen molar-refractivity contribution < 1.29 is 37.9 Å². The highest BCUT2D eigenvalue weighted by atomic mass is 31.2. The van der Waals surface area contributed by atoms with E-state index >= 15 is 0 Å². The molecular weight excluding hydrogens is 762 g/mol. The first-order chi connectivity index (χ1) is 28.8. The van der Waals surface area contributed by atoms with Crippen molar-refractivity contribution >= 4 is 19.7 Å². The first-order valence-corrected chi connectivity index (χ1v) is 26.3. The number of rotatable bonds is 47. The monoisotopic (exact) mass is 856 g/mol. The van der Waals surface area contributed by atoms with Gasteiger partial charge in [-0.25, -0.2) is 4.57 Å². The van der Waals surface area contributed by atoms with E-state index in [2.05, 4.69) is 43.5 Å². The van der Waals surface area contributed by atoms with Crippen LogP contribution in [0.25, 0.3) is 0 Å². The van der Waals surface area contributed by atoms with Gasteiger partial charge < -0.3 is 20.1 Å². The van der Waals surface area contributed by atoms with Crippen LogP contribution in [0.15, 0.2) is 24.3 Å². The fraction of sp³-hybridized carbons (Fsp3) is 0.878. The lowest BCUT2D eigenvalue weighted by molar-refractivity contribution is -0.147. The molecule has 0 aromatic heterocycles. The van der Waals surface area contributed by atoms with E-state index in [9.17, 15) is 24.2 Å². The number of ether oxygens (including phenoxy) is 1. The van der Waals surface area contributed by atoms with Crippen molar-refractivity contribution in [3.8, 4) is 0 Å². The molecule has 2 atom stereocenters. The normalized spacial score (nSPS) is 13.4. The van der Waals surface area contributed by atoms with E-state index in [4.69, 9.17) is 13.8 Å². The summed E-state index contributed by atoms with van der Waals surface area (Å²) >= 11 is 0. The maximum atomic E-state index is 12.1. The lowest BCUT2D eigenvalue weighted by Gasteiger charge is -2.15. The van der Waals surface area contributed by atoms with Crippen molar-refractivity contribution in [2.24, 2.45) is 0 Å². The molecule has 9 nitrogen and oxygen atoms in total. The van der Waals surface area contributed by atoms with Crippen LogP contribution in [0.4, 0.5) is 0 Å². The Kier molecular flexibility index (Phi) is 44.8. The van der Waals surface area contributed by atoms with Gasteiger partial charge in [0, 0.05) is 19.4 Å². The first-order valence-electron chi connectivity index (χ1n) is 24.8. The van der Waals surface area contributed by atoms with Crippen LogP contribution in [0.2, 0.25) is 0 Å². The first kappa shape index (κ1) is 57.5. The van der Waals surface area contributed by atoms with E-state index in [1.54, 1.807) is 0 Å². The second-order valence-electron chi connectivity index (χ2n) is 16.8. The minimum Gasteiger partial charge on any atom is -0.463 e. The molecule has 0 saturated heterocycles. The summed E-state index contributed by atoms with van der Waals surface area (Å²) in [5, 5.41) is 12.7. The van der Waals surface area contributed by atoms with Crippen LogP contribution < -0.4 is 5.32 Å². The molecule has 0 spiro atoms. The van der Waals surface area contributed by atoms with Gasteiger partial charge in [0.1, 0.15) is 12.7 Å². The molecule has 0 radical (unpaired) electrons. The molecule has 2 unspecified atom stereocenters. The maximum absolute atomic E-state index is 12.1. The predicted octanol–water partition coefficient (Wildman–Crippen LogP) is 14.3. The molecule has 1 amide bonds. The van der Waals surface area contributed by atoms with Gasteiger partial charge in [-0.05, 0) is 64.2 Å². The number of hydrogen-bond acceptors (Lipinski definition) is 7. The zero-order valence-electron chi connectivity index (χ0n) is 38.5. The third-order valence-electron chi connectivity index (χ3n) is 10.9. The molecule has 0 aliphatic rings. The summed E-state index contributed by atoms with van der Waals surface area (Å²) in [6, 6.07) is 0. The number of nitrogens with one attached hydrogen (secondary N) is 1. The van der Waals surface area contributed by atoms with E-state index in [1.165, 1.54) is 180 Å². The van der Waals surface area contributed by atoms with Crippen LogP contribution >= 0.6 is 7.82 Å². The lowest BCUT2D eigenvalue weighted by atomic mass is 10.1. The van der Waals surface area contributed by atoms with E-state index < -0.39 is 26.5 Å². The SMILES string of the molecule is CCCCCCCC/C=C/CCCCCCCCCCCC(=O)NCCOP(=O)(O)OCC(O)COC(=O)CCCCCCCCCCC/C=C/CCCCCCCC. The summed E-state index contributed by atoms with van der Waals surface area (Å²) in [7, 11) is -4.42. The molecule has 0 aliphatic carbocycles.